The highest BCUT2D eigenvalue weighted by Gasteiger charge is 2.22. The number of nitrogens with zero attached hydrogens (tertiary/aromatic N) is 1. The lowest BCUT2D eigenvalue weighted by Crippen LogP contribution is -2.24. The lowest BCUT2D eigenvalue weighted by atomic mass is 10.0. The van der Waals surface area contributed by atoms with Crippen LogP contribution >= 0.6 is 12.2 Å². The summed E-state index contributed by atoms with van der Waals surface area (Å²) < 4.78 is 4.89. The molecule has 5 heteroatoms. The second kappa shape index (κ2) is 4.71. The number of aryl methyl sites for hydroxylation is 1. The lowest BCUT2D eigenvalue weighted by molar-refractivity contribution is 0.157. The molecule has 1 heterocycles. The normalized spacial score (nSPS) is 14.9. The predicted molar refractivity (Wildman–Crippen MR) is 68.8 cm³/mol. The van der Waals surface area contributed by atoms with Crippen LogP contribution in [0.15, 0.2) is 18.2 Å². The number of hydrogen-bond donors (Lipinski definition) is 1. The van der Waals surface area contributed by atoms with Crippen LogP contribution in [0.4, 0.5) is 4.79 Å². The van der Waals surface area contributed by atoms with E-state index >= 15 is 0 Å². The summed E-state index contributed by atoms with van der Waals surface area (Å²) in [6.45, 7) is 3.68. The van der Waals surface area contributed by atoms with Crippen molar-refractivity contribution in [3.63, 3.8) is 0 Å². The molecule has 0 saturated carbocycles. The maximum Gasteiger partial charge on any atom is 0.410 e. The molecule has 0 bridgehead atoms. The van der Waals surface area contributed by atoms with Gasteiger partial charge in [0, 0.05) is 12.1 Å². The van der Waals surface area contributed by atoms with Gasteiger partial charge < -0.3 is 15.4 Å². The van der Waals surface area contributed by atoms with Crippen LogP contribution < -0.4 is 5.73 Å². The molecule has 2 N–H and O–H groups in total. The molecule has 1 amide bonds. The van der Waals surface area contributed by atoms with E-state index in [0.717, 1.165) is 16.7 Å². The topological polar surface area (TPSA) is 55.6 Å². The molecule has 90 valence electrons. The molecule has 0 spiro atoms. The van der Waals surface area contributed by atoms with Crippen LogP contribution in [0.2, 0.25) is 0 Å². The third-order valence-electron chi connectivity index (χ3n) is 2.83. The van der Waals surface area contributed by atoms with Gasteiger partial charge in [-0.15, -0.1) is 0 Å². The van der Waals surface area contributed by atoms with Crippen molar-refractivity contribution in [2.24, 2.45) is 5.73 Å². The molecule has 2 rings (SSSR count). The monoisotopic (exact) mass is 250 g/mol. The number of carbonyl (C=O) groups is 1. The van der Waals surface area contributed by atoms with Crippen molar-refractivity contribution in [2.45, 2.75) is 13.5 Å². The average molecular weight is 250 g/mol. The highest BCUT2D eigenvalue weighted by Crippen LogP contribution is 2.16. The minimum Gasteiger partial charge on any atom is -0.448 e. The van der Waals surface area contributed by atoms with Gasteiger partial charge in [0.2, 0.25) is 0 Å². The van der Waals surface area contributed by atoms with Gasteiger partial charge in [-0.1, -0.05) is 24.4 Å². The molecule has 1 aromatic carbocycles. The van der Waals surface area contributed by atoms with E-state index in [4.69, 9.17) is 22.7 Å². The smallest absolute Gasteiger partial charge is 0.410 e. The van der Waals surface area contributed by atoms with Crippen molar-refractivity contribution in [3.05, 3.63) is 34.9 Å². The number of thiocarbonyl (C=S) groups is 1. The molecule has 1 aliphatic heterocycles. The summed E-state index contributed by atoms with van der Waals surface area (Å²) in [5, 5.41) is 0. The number of nitrogens with two attached hydrogens (primary N) is 1. The van der Waals surface area contributed by atoms with Gasteiger partial charge in [0.25, 0.3) is 0 Å². The molecule has 1 aromatic rings. The minimum atomic E-state index is -0.247. The van der Waals surface area contributed by atoms with E-state index in [-0.39, 0.29) is 6.09 Å². The fourth-order valence-electron chi connectivity index (χ4n) is 1.80. The van der Waals surface area contributed by atoms with Crippen LogP contribution in [0.25, 0.3) is 0 Å². The molecule has 0 aromatic heterocycles. The Morgan fingerprint density at radius 2 is 2.35 bits per heavy atom. The van der Waals surface area contributed by atoms with E-state index in [2.05, 4.69) is 0 Å². The van der Waals surface area contributed by atoms with Crippen molar-refractivity contribution >= 4 is 23.3 Å². The highest BCUT2D eigenvalue weighted by molar-refractivity contribution is 7.80. The Bertz CT molecular complexity index is 474. The van der Waals surface area contributed by atoms with E-state index in [9.17, 15) is 4.79 Å². The molecule has 0 aliphatic carbocycles. The van der Waals surface area contributed by atoms with E-state index < -0.39 is 0 Å². The molecular weight excluding hydrogens is 236 g/mol. The molecule has 0 unspecified atom stereocenters. The predicted octanol–water partition coefficient (Wildman–Crippen LogP) is 1.58. The summed E-state index contributed by atoms with van der Waals surface area (Å²) in [6, 6.07) is 5.78. The van der Waals surface area contributed by atoms with Crippen molar-refractivity contribution in [1.82, 2.24) is 4.90 Å². The summed E-state index contributed by atoms with van der Waals surface area (Å²) >= 11 is 4.92. The van der Waals surface area contributed by atoms with Crippen molar-refractivity contribution in [3.8, 4) is 0 Å². The highest BCUT2D eigenvalue weighted by atomic mass is 32.1. The molecule has 4 nitrogen and oxygen atoms in total. The first kappa shape index (κ1) is 11.9. The fourth-order valence-corrected chi connectivity index (χ4v) is 1.93. The van der Waals surface area contributed by atoms with Gasteiger partial charge in [-0.25, -0.2) is 4.79 Å². The summed E-state index contributed by atoms with van der Waals surface area (Å²) in [7, 11) is 0. The second-order valence-corrected chi connectivity index (χ2v) is 4.48. The van der Waals surface area contributed by atoms with Gasteiger partial charge in [-0.2, -0.15) is 0 Å². The first-order valence-corrected chi connectivity index (χ1v) is 5.80. The fraction of sp³-hybridized carbons (Fsp3) is 0.333. The van der Waals surface area contributed by atoms with Crippen LogP contribution in [0, 0.1) is 6.92 Å². The zero-order valence-corrected chi connectivity index (χ0v) is 10.4. The summed E-state index contributed by atoms with van der Waals surface area (Å²) in [4.78, 5) is 13.4. The Balaban J connectivity index is 2.16. The van der Waals surface area contributed by atoms with Crippen molar-refractivity contribution in [1.29, 1.82) is 0 Å². The summed E-state index contributed by atoms with van der Waals surface area (Å²) in [6.07, 6.45) is -0.247. The van der Waals surface area contributed by atoms with Gasteiger partial charge >= 0.3 is 6.09 Å². The summed E-state index contributed by atoms with van der Waals surface area (Å²) in [5.74, 6) is 0. The minimum absolute atomic E-state index is 0.247. The Labute approximate surface area is 105 Å². The molecule has 1 aliphatic rings. The van der Waals surface area contributed by atoms with Gasteiger partial charge in [-0.05, 0) is 24.1 Å². The first-order valence-electron chi connectivity index (χ1n) is 5.39. The zero-order chi connectivity index (χ0) is 12.4. The molecular formula is C12H14N2O2S. The van der Waals surface area contributed by atoms with Crippen LogP contribution in [0.1, 0.15) is 16.7 Å². The maximum absolute atomic E-state index is 11.3. The Morgan fingerprint density at radius 1 is 1.59 bits per heavy atom. The van der Waals surface area contributed by atoms with Gasteiger partial charge in [0.1, 0.15) is 11.6 Å². The SMILES string of the molecule is Cc1cc(C(N)=S)ccc1CN1CCOC1=O. The molecule has 0 radical (unpaired) electrons. The van der Waals surface area contributed by atoms with Crippen molar-refractivity contribution < 1.29 is 9.53 Å². The van der Waals surface area contributed by atoms with Crippen LogP contribution in [-0.4, -0.2) is 29.1 Å². The molecule has 17 heavy (non-hydrogen) atoms. The maximum atomic E-state index is 11.3. The summed E-state index contributed by atoms with van der Waals surface area (Å²) in [5.41, 5.74) is 8.58. The number of cyclic esters (lactones) is 1. The zero-order valence-electron chi connectivity index (χ0n) is 9.60. The number of benzene rings is 1. The number of ether oxygens (including phenoxy) is 1. The van der Waals surface area contributed by atoms with Crippen LogP contribution in [-0.2, 0) is 11.3 Å². The number of carbonyl (C=O) groups excluding carboxylic acids is 1. The Hall–Kier alpha value is -1.62. The average Bonchev–Trinajstić information content (AvgIpc) is 2.67. The van der Waals surface area contributed by atoms with Gasteiger partial charge in [0.05, 0.1) is 6.54 Å². The molecule has 1 saturated heterocycles. The van der Waals surface area contributed by atoms with E-state index in [1.54, 1.807) is 4.90 Å². The number of amides is 1. The van der Waals surface area contributed by atoms with Gasteiger partial charge in [-0.3, -0.25) is 0 Å². The standard InChI is InChI=1S/C12H14N2O2S/c1-8-6-9(11(13)17)2-3-10(8)7-14-4-5-16-12(14)15/h2-3,6H,4-5,7H2,1H3,(H2,13,17). The van der Waals surface area contributed by atoms with E-state index in [1.165, 1.54) is 0 Å². The van der Waals surface area contributed by atoms with E-state index in [0.29, 0.717) is 24.7 Å². The Kier molecular flexibility index (Phi) is 3.28. The van der Waals surface area contributed by atoms with Crippen LogP contribution in [0.3, 0.4) is 0 Å². The molecule has 0 atom stereocenters. The quantitative estimate of drug-likeness (QED) is 0.828. The number of rotatable bonds is 3. The lowest BCUT2D eigenvalue weighted by Gasteiger charge is -2.15. The molecule has 1 fully saturated rings. The van der Waals surface area contributed by atoms with Crippen LogP contribution in [0.5, 0.6) is 0 Å². The Morgan fingerprint density at radius 3 is 2.88 bits per heavy atom. The van der Waals surface area contributed by atoms with Crippen molar-refractivity contribution in [2.75, 3.05) is 13.2 Å². The van der Waals surface area contributed by atoms with Gasteiger partial charge in [0.15, 0.2) is 0 Å². The largest absolute Gasteiger partial charge is 0.448 e. The third kappa shape index (κ3) is 2.55. The number of hydrogen-bond acceptors (Lipinski definition) is 3. The third-order valence-corrected chi connectivity index (χ3v) is 3.07. The second-order valence-electron chi connectivity index (χ2n) is 4.04. The van der Waals surface area contributed by atoms with E-state index in [1.807, 2.05) is 25.1 Å². The first-order chi connectivity index (χ1) is 8.08.